The molecule has 0 spiro atoms. The van der Waals surface area contributed by atoms with Gasteiger partial charge in [-0.15, -0.1) is 0 Å². The number of hydrogen-bond donors (Lipinski definition) is 0. The van der Waals surface area contributed by atoms with Crippen molar-refractivity contribution < 1.29 is 18.7 Å². The van der Waals surface area contributed by atoms with Gasteiger partial charge in [0.1, 0.15) is 17.9 Å². The zero-order chi connectivity index (χ0) is 21.3. The van der Waals surface area contributed by atoms with Gasteiger partial charge in [0.25, 0.3) is 0 Å². The number of carbonyl (C=O) groups excluding carboxylic acids is 2. The zero-order valence-corrected chi connectivity index (χ0v) is 17.0. The maximum absolute atomic E-state index is 13.6. The molecule has 3 aromatic rings. The lowest BCUT2D eigenvalue weighted by Crippen LogP contribution is -2.44. The van der Waals surface area contributed by atoms with Crippen molar-refractivity contribution >= 4 is 22.5 Å². The van der Waals surface area contributed by atoms with E-state index in [-0.39, 0.29) is 23.4 Å². The topological polar surface area (TPSA) is 73.6 Å². The number of ketones is 2. The third-order valence-electron chi connectivity index (χ3n) is 7.07. The van der Waals surface area contributed by atoms with Gasteiger partial charge in [0.15, 0.2) is 11.6 Å². The average Bonchev–Trinajstić information content (AvgIpc) is 2.96. The van der Waals surface area contributed by atoms with Gasteiger partial charge in [0.05, 0.1) is 0 Å². The number of hydrogen-bond acceptors (Lipinski definition) is 5. The van der Waals surface area contributed by atoms with E-state index in [1.807, 2.05) is 19.1 Å². The molecule has 6 rings (SSSR count). The molecule has 0 radical (unpaired) electrons. The molecule has 0 bridgehead atoms. The van der Waals surface area contributed by atoms with Gasteiger partial charge < -0.3 is 9.15 Å². The predicted octanol–water partition coefficient (Wildman–Crippen LogP) is 4.29. The normalized spacial score (nSPS) is 24.3. The summed E-state index contributed by atoms with van der Waals surface area (Å²) in [4.78, 5) is 38.9. The number of Topliss-reactive ketones (excluding diaryl/α,β-unsaturated/α-hetero) is 2. The minimum Gasteiger partial charge on any atom is -0.489 e. The van der Waals surface area contributed by atoms with Crippen LogP contribution in [0.2, 0.25) is 0 Å². The highest BCUT2D eigenvalue weighted by molar-refractivity contribution is 6.16. The molecule has 3 atom stereocenters. The van der Waals surface area contributed by atoms with Gasteiger partial charge in [0.2, 0.25) is 0 Å². The molecule has 0 saturated heterocycles. The maximum Gasteiger partial charge on any atom is 0.336 e. The van der Waals surface area contributed by atoms with Crippen molar-refractivity contribution in [1.82, 2.24) is 0 Å². The lowest BCUT2D eigenvalue weighted by atomic mass is 9.62. The van der Waals surface area contributed by atoms with Gasteiger partial charge in [-0.25, -0.2) is 4.79 Å². The summed E-state index contributed by atoms with van der Waals surface area (Å²) in [7, 11) is 0. The van der Waals surface area contributed by atoms with E-state index >= 15 is 0 Å². The summed E-state index contributed by atoms with van der Waals surface area (Å²) in [5, 5.41) is 0.859. The second kappa shape index (κ2) is 6.51. The van der Waals surface area contributed by atoms with Crippen LogP contribution in [0.4, 0.5) is 0 Å². The number of allylic oxidation sites excluding steroid dienone is 1. The molecule has 0 amide bonds. The van der Waals surface area contributed by atoms with Gasteiger partial charge in [-0.1, -0.05) is 30.3 Å². The van der Waals surface area contributed by atoms with Crippen LogP contribution in [0.15, 0.2) is 63.3 Å². The Kier molecular flexibility index (Phi) is 3.85. The van der Waals surface area contributed by atoms with Crippen molar-refractivity contribution in [2.45, 2.75) is 19.8 Å². The highest BCUT2D eigenvalue weighted by Gasteiger charge is 2.48. The summed E-state index contributed by atoms with van der Waals surface area (Å²) >= 11 is 0. The van der Waals surface area contributed by atoms with E-state index in [2.05, 4.69) is 6.08 Å². The van der Waals surface area contributed by atoms with E-state index in [0.29, 0.717) is 41.9 Å². The number of benzene rings is 2. The van der Waals surface area contributed by atoms with Crippen molar-refractivity contribution in [3.05, 3.63) is 86.8 Å². The quantitative estimate of drug-likeness (QED) is 0.407. The van der Waals surface area contributed by atoms with E-state index in [9.17, 15) is 14.4 Å². The van der Waals surface area contributed by atoms with Crippen LogP contribution >= 0.6 is 0 Å². The Morgan fingerprint density at radius 2 is 1.71 bits per heavy atom. The Morgan fingerprint density at radius 1 is 0.935 bits per heavy atom. The molecular weight excluding hydrogens is 392 g/mol. The standard InChI is InChI=1S/C26H20O5/c1-13-10-22(27)31-26-15(13)8-9-21-20(26)11-19-14(12-30-21)6-7-18-23(19)25(29)17-5-3-2-4-16(17)24(18)28/h2-6,8-10,18-19,23H,7,11-12H2,1H3/t18-,19+,23-/m1/s1. The summed E-state index contributed by atoms with van der Waals surface area (Å²) in [6, 6.07) is 12.4. The van der Waals surface area contributed by atoms with Gasteiger partial charge in [0, 0.05) is 40.0 Å². The van der Waals surface area contributed by atoms with Crippen LogP contribution in [-0.2, 0) is 6.42 Å². The minimum absolute atomic E-state index is 0.0251. The van der Waals surface area contributed by atoms with E-state index < -0.39 is 11.5 Å². The van der Waals surface area contributed by atoms with Crippen molar-refractivity contribution in [3.8, 4) is 5.75 Å². The van der Waals surface area contributed by atoms with Crippen molar-refractivity contribution in [2.24, 2.45) is 17.8 Å². The Labute approximate surface area is 178 Å². The van der Waals surface area contributed by atoms with Crippen molar-refractivity contribution in [3.63, 3.8) is 0 Å². The number of aryl methyl sites for hydroxylation is 1. The van der Waals surface area contributed by atoms with Crippen LogP contribution in [-0.4, -0.2) is 18.2 Å². The van der Waals surface area contributed by atoms with Crippen molar-refractivity contribution in [2.75, 3.05) is 6.61 Å². The molecule has 0 saturated carbocycles. The van der Waals surface area contributed by atoms with Crippen LogP contribution < -0.4 is 10.4 Å². The second-order valence-corrected chi connectivity index (χ2v) is 8.69. The molecule has 2 aliphatic carbocycles. The molecule has 2 heterocycles. The number of carbonyl (C=O) groups is 2. The van der Waals surface area contributed by atoms with Crippen LogP contribution in [0.1, 0.15) is 38.3 Å². The van der Waals surface area contributed by atoms with Gasteiger partial charge in [-0.2, -0.15) is 0 Å². The molecule has 1 aromatic heterocycles. The van der Waals surface area contributed by atoms with E-state index in [1.165, 1.54) is 6.07 Å². The third kappa shape index (κ3) is 2.59. The highest BCUT2D eigenvalue weighted by atomic mass is 16.5. The molecule has 3 aliphatic rings. The second-order valence-electron chi connectivity index (χ2n) is 8.69. The molecule has 0 N–H and O–H groups in total. The smallest absolute Gasteiger partial charge is 0.336 e. The molecule has 31 heavy (non-hydrogen) atoms. The Morgan fingerprint density at radius 3 is 2.52 bits per heavy atom. The Bertz CT molecular complexity index is 1380. The summed E-state index contributed by atoms with van der Waals surface area (Å²) < 4.78 is 11.7. The maximum atomic E-state index is 13.6. The lowest BCUT2D eigenvalue weighted by Gasteiger charge is -2.39. The summed E-state index contributed by atoms with van der Waals surface area (Å²) in [5.41, 5.74) is 3.84. The first kappa shape index (κ1) is 18.3. The van der Waals surface area contributed by atoms with Gasteiger partial charge >= 0.3 is 5.63 Å². The van der Waals surface area contributed by atoms with Crippen LogP contribution in [0, 0.1) is 24.7 Å². The van der Waals surface area contributed by atoms with Gasteiger partial charge in [-0.05, 0) is 49.0 Å². The highest BCUT2D eigenvalue weighted by Crippen LogP contribution is 2.47. The van der Waals surface area contributed by atoms with Gasteiger partial charge in [-0.3, -0.25) is 9.59 Å². The fourth-order valence-electron chi connectivity index (χ4n) is 5.57. The van der Waals surface area contributed by atoms with Crippen LogP contribution in [0.25, 0.3) is 11.0 Å². The number of rotatable bonds is 0. The molecule has 2 aromatic carbocycles. The molecule has 5 nitrogen and oxygen atoms in total. The SMILES string of the molecule is Cc1cc(=O)oc2c3c(ccc12)OCC1=CC[C@H]2C(=O)c4ccccc4C(=O)[C@H]2[C@H]1C3. The predicted molar refractivity (Wildman–Crippen MR) is 115 cm³/mol. The first-order valence-corrected chi connectivity index (χ1v) is 10.6. The molecule has 0 unspecified atom stereocenters. The first-order chi connectivity index (χ1) is 15.0. The zero-order valence-electron chi connectivity index (χ0n) is 17.0. The Hall–Kier alpha value is -3.47. The van der Waals surface area contributed by atoms with E-state index in [1.54, 1.807) is 24.3 Å². The molecular formula is C26H20O5. The molecule has 154 valence electrons. The monoisotopic (exact) mass is 412 g/mol. The molecule has 1 aliphatic heterocycles. The lowest BCUT2D eigenvalue weighted by molar-refractivity contribution is 0.0666. The van der Waals surface area contributed by atoms with Crippen LogP contribution in [0.3, 0.4) is 0 Å². The van der Waals surface area contributed by atoms with Crippen LogP contribution in [0.5, 0.6) is 5.75 Å². The van der Waals surface area contributed by atoms with Crippen molar-refractivity contribution in [1.29, 1.82) is 0 Å². The fourth-order valence-corrected chi connectivity index (χ4v) is 5.57. The van der Waals surface area contributed by atoms with E-state index in [4.69, 9.17) is 9.15 Å². The third-order valence-corrected chi connectivity index (χ3v) is 7.07. The average molecular weight is 412 g/mol. The Balaban J connectivity index is 1.52. The summed E-state index contributed by atoms with van der Waals surface area (Å²) in [6.45, 7) is 2.25. The molecule has 5 heteroatoms. The molecule has 0 fully saturated rings. The first-order valence-electron chi connectivity index (χ1n) is 10.6. The fraction of sp³-hybridized carbons (Fsp3) is 0.269. The minimum atomic E-state index is -0.427. The largest absolute Gasteiger partial charge is 0.489 e. The number of ether oxygens (including phenoxy) is 1. The number of fused-ring (bicyclic) bond motifs is 7. The van der Waals surface area contributed by atoms with E-state index in [0.717, 1.165) is 22.1 Å². The summed E-state index contributed by atoms with van der Waals surface area (Å²) in [6.07, 6.45) is 3.11. The summed E-state index contributed by atoms with van der Waals surface area (Å²) in [5.74, 6) is -0.215.